The normalized spacial score (nSPS) is 30.1. The molecule has 1 aliphatic carbocycles. The molecule has 1 saturated heterocycles. The van der Waals surface area contributed by atoms with Crippen molar-refractivity contribution in [1.82, 2.24) is 10.2 Å². The van der Waals surface area contributed by atoms with E-state index in [1.54, 1.807) is 11.9 Å². The van der Waals surface area contributed by atoms with Crippen LogP contribution in [-0.4, -0.2) is 48.4 Å². The lowest BCUT2D eigenvalue weighted by atomic mass is 9.82. The predicted molar refractivity (Wildman–Crippen MR) is 75.1 cm³/mol. The lowest BCUT2D eigenvalue weighted by Gasteiger charge is -2.30. The number of carbonyl (C=O) groups is 2. The summed E-state index contributed by atoms with van der Waals surface area (Å²) in [5, 5.41) is 2.88. The van der Waals surface area contributed by atoms with E-state index in [1.165, 1.54) is 13.3 Å². The number of likely N-dealkylation sites (N-methyl/N-ethyl adjacent to an activating group) is 1. The number of nitrogens with one attached hydrogen (secondary N) is 1. The maximum Gasteiger partial charge on any atom is 0.238 e. The molecule has 0 aromatic carbocycles. The third kappa shape index (κ3) is 3.57. The van der Waals surface area contributed by atoms with Gasteiger partial charge in [-0.05, 0) is 32.7 Å². The third-order valence-electron chi connectivity index (χ3n) is 4.66. The van der Waals surface area contributed by atoms with Gasteiger partial charge >= 0.3 is 0 Å². The van der Waals surface area contributed by atoms with E-state index in [2.05, 4.69) is 5.32 Å². The largest absolute Gasteiger partial charge is 0.345 e. The Kier molecular flexibility index (Phi) is 5.13. The van der Waals surface area contributed by atoms with Crippen molar-refractivity contribution in [3.8, 4) is 0 Å². The highest BCUT2D eigenvalue weighted by atomic mass is 19.1. The van der Waals surface area contributed by atoms with Gasteiger partial charge < -0.3 is 5.32 Å². The molecule has 3 atom stereocenters. The first-order valence-electron chi connectivity index (χ1n) is 7.64. The summed E-state index contributed by atoms with van der Waals surface area (Å²) in [5.41, 5.74) is 0. The molecule has 0 aromatic heterocycles. The van der Waals surface area contributed by atoms with Gasteiger partial charge in [0.15, 0.2) is 5.78 Å². The number of rotatable bonds is 4. The Labute approximate surface area is 120 Å². The molecular formula is C15H25FN2O2. The molecule has 20 heavy (non-hydrogen) atoms. The fraction of sp³-hybridized carbons (Fsp3) is 0.867. The number of nitrogens with zero attached hydrogens (tertiary/aromatic N) is 1. The molecule has 2 rings (SSSR count). The van der Waals surface area contributed by atoms with Gasteiger partial charge in [-0.3, -0.25) is 14.5 Å². The summed E-state index contributed by atoms with van der Waals surface area (Å²) in [6.45, 7) is 1.84. The smallest absolute Gasteiger partial charge is 0.238 e. The number of likely N-dealkylation sites (tertiary alicyclic amines) is 1. The first kappa shape index (κ1) is 15.4. The Morgan fingerprint density at radius 1 is 1.25 bits per heavy atom. The van der Waals surface area contributed by atoms with Crippen LogP contribution in [-0.2, 0) is 9.59 Å². The van der Waals surface area contributed by atoms with Crippen LogP contribution in [0.4, 0.5) is 4.39 Å². The predicted octanol–water partition coefficient (Wildman–Crippen LogP) is 1.68. The number of alkyl halides is 1. The van der Waals surface area contributed by atoms with E-state index in [-0.39, 0.29) is 24.0 Å². The summed E-state index contributed by atoms with van der Waals surface area (Å²) in [7, 11) is 1.76. The average Bonchev–Trinajstić information content (AvgIpc) is 2.75. The SMILES string of the molecule is CC(=O)[C@@H](NC(=O)[C@@H]1C[C@H](F)CN1C)C1CCCCC1. The van der Waals surface area contributed by atoms with Crippen LogP contribution in [0.3, 0.4) is 0 Å². The number of hydrogen-bond donors (Lipinski definition) is 1. The molecule has 5 heteroatoms. The Balaban J connectivity index is 1.97. The summed E-state index contributed by atoms with van der Waals surface area (Å²) in [5.74, 6) is 0.0687. The quantitative estimate of drug-likeness (QED) is 0.854. The van der Waals surface area contributed by atoms with Crippen LogP contribution in [0, 0.1) is 5.92 Å². The Morgan fingerprint density at radius 2 is 1.90 bits per heavy atom. The maximum atomic E-state index is 13.3. The fourth-order valence-corrected chi connectivity index (χ4v) is 3.51. The summed E-state index contributed by atoms with van der Waals surface area (Å²) in [6.07, 6.45) is 4.75. The molecule has 114 valence electrons. The second-order valence-corrected chi connectivity index (χ2v) is 6.28. The molecule has 0 spiro atoms. The van der Waals surface area contributed by atoms with E-state index in [4.69, 9.17) is 0 Å². The first-order chi connectivity index (χ1) is 9.49. The van der Waals surface area contributed by atoms with E-state index >= 15 is 0 Å². The van der Waals surface area contributed by atoms with Crippen molar-refractivity contribution in [3.05, 3.63) is 0 Å². The summed E-state index contributed by atoms with van der Waals surface area (Å²) in [4.78, 5) is 25.9. The second-order valence-electron chi connectivity index (χ2n) is 6.28. The van der Waals surface area contributed by atoms with Crippen molar-refractivity contribution in [2.45, 2.75) is 63.7 Å². The van der Waals surface area contributed by atoms with Gasteiger partial charge in [-0.15, -0.1) is 0 Å². The lowest BCUT2D eigenvalue weighted by molar-refractivity contribution is -0.131. The molecule has 1 heterocycles. The van der Waals surface area contributed by atoms with Gasteiger partial charge in [0.1, 0.15) is 6.17 Å². The van der Waals surface area contributed by atoms with Crippen molar-refractivity contribution in [2.24, 2.45) is 5.92 Å². The molecule has 2 fully saturated rings. The minimum atomic E-state index is -0.943. The highest BCUT2D eigenvalue weighted by Crippen LogP contribution is 2.27. The molecule has 1 aliphatic heterocycles. The van der Waals surface area contributed by atoms with Crippen molar-refractivity contribution < 1.29 is 14.0 Å². The standard InChI is InChI=1S/C15H25FN2O2/c1-10(19)14(11-6-4-3-5-7-11)17-15(20)13-8-12(16)9-18(13)2/h11-14H,3-9H2,1-2H3,(H,17,20)/t12-,13-,14+/m0/s1. The molecule has 1 amide bonds. The van der Waals surface area contributed by atoms with Crippen molar-refractivity contribution in [2.75, 3.05) is 13.6 Å². The molecule has 2 aliphatic rings. The summed E-state index contributed by atoms with van der Waals surface area (Å²) < 4.78 is 13.3. The number of Topliss-reactive ketones (excluding diaryl/α,β-unsaturated/α-hetero) is 1. The number of carbonyl (C=O) groups excluding carboxylic acids is 2. The highest BCUT2D eigenvalue weighted by Gasteiger charge is 2.37. The van der Waals surface area contributed by atoms with Crippen molar-refractivity contribution in [3.63, 3.8) is 0 Å². The topological polar surface area (TPSA) is 49.4 Å². The molecule has 0 unspecified atom stereocenters. The monoisotopic (exact) mass is 284 g/mol. The molecular weight excluding hydrogens is 259 g/mol. The minimum absolute atomic E-state index is 0.0164. The van der Waals surface area contributed by atoms with Gasteiger partial charge in [0, 0.05) is 13.0 Å². The molecule has 1 saturated carbocycles. The van der Waals surface area contributed by atoms with Gasteiger partial charge in [0.2, 0.25) is 5.91 Å². The van der Waals surface area contributed by atoms with Crippen molar-refractivity contribution in [1.29, 1.82) is 0 Å². The van der Waals surface area contributed by atoms with E-state index in [1.807, 2.05) is 0 Å². The zero-order valence-electron chi connectivity index (χ0n) is 12.4. The maximum absolute atomic E-state index is 13.3. The van der Waals surface area contributed by atoms with Crippen LogP contribution < -0.4 is 5.32 Å². The third-order valence-corrected chi connectivity index (χ3v) is 4.66. The van der Waals surface area contributed by atoms with Crippen molar-refractivity contribution >= 4 is 11.7 Å². The van der Waals surface area contributed by atoms with E-state index in [9.17, 15) is 14.0 Å². The van der Waals surface area contributed by atoms with Crippen LogP contribution in [0.1, 0.15) is 45.4 Å². The van der Waals surface area contributed by atoms with Gasteiger partial charge in [-0.25, -0.2) is 4.39 Å². The van der Waals surface area contributed by atoms with E-state index < -0.39 is 18.3 Å². The van der Waals surface area contributed by atoms with E-state index in [0.29, 0.717) is 6.54 Å². The Hall–Kier alpha value is -0.970. The average molecular weight is 284 g/mol. The van der Waals surface area contributed by atoms with Gasteiger partial charge in [0.05, 0.1) is 12.1 Å². The Morgan fingerprint density at radius 3 is 2.40 bits per heavy atom. The highest BCUT2D eigenvalue weighted by molar-refractivity contribution is 5.90. The number of halogens is 1. The van der Waals surface area contributed by atoms with Gasteiger partial charge in [-0.2, -0.15) is 0 Å². The van der Waals surface area contributed by atoms with Gasteiger partial charge in [-0.1, -0.05) is 19.3 Å². The van der Waals surface area contributed by atoms with Gasteiger partial charge in [0.25, 0.3) is 0 Å². The summed E-state index contributed by atoms with van der Waals surface area (Å²) in [6, 6.07) is -0.828. The molecule has 0 radical (unpaired) electrons. The molecule has 0 bridgehead atoms. The van der Waals surface area contributed by atoms with Crippen LogP contribution in [0.15, 0.2) is 0 Å². The zero-order valence-corrected chi connectivity index (χ0v) is 12.4. The fourth-order valence-electron chi connectivity index (χ4n) is 3.51. The second kappa shape index (κ2) is 6.66. The van der Waals surface area contributed by atoms with Crippen LogP contribution in [0.25, 0.3) is 0 Å². The molecule has 0 aromatic rings. The zero-order chi connectivity index (χ0) is 14.7. The number of amides is 1. The number of hydrogen-bond acceptors (Lipinski definition) is 3. The lowest BCUT2D eigenvalue weighted by Crippen LogP contribution is -2.51. The Bertz CT molecular complexity index is 369. The number of ketones is 1. The van der Waals surface area contributed by atoms with Crippen LogP contribution in [0.2, 0.25) is 0 Å². The minimum Gasteiger partial charge on any atom is -0.345 e. The molecule has 4 nitrogen and oxygen atoms in total. The van der Waals surface area contributed by atoms with Crippen LogP contribution >= 0.6 is 0 Å². The van der Waals surface area contributed by atoms with E-state index in [0.717, 1.165) is 25.7 Å². The first-order valence-corrected chi connectivity index (χ1v) is 7.64. The van der Waals surface area contributed by atoms with Crippen LogP contribution in [0.5, 0.6) is 0 Å². The summed E-state index contributed by atoms with van der Waals surface area (Å²) >= 11 is 0. The molecule has 1 N–H and O–H groups in total.